The van der Waals surface area contributed by atoms with Crippen molar-refractivity contribution in [2.45, 2.75) is 25.3 Å². The fourth-order valence-corrected chi connectivity index (χ4v) is 1.64. The van der Waals surface area contributed by atoms with Crippen LogP contribution in [0.4, 0.5) is 0 Å². The average Bonchev–Trinajstić information content (AvgIpc) is 3.07. The third-order valence-electron chi connectivity index (χ3n) is 2.75. The Hall–Kier alpha value is -1.75. The summed E-state index contributed by atoms with van der Waals surface area (Å²) < 4.78 is 5.21. The van der Waals surface area contributed by atoms with E-state index in [9.17, 15) is 0 Å². The van der Waals surface area contributed by atoms with Gasteiger partial charge in [0, 0.05) is 37.0 Å². The summed E-state index contributed by atoms with van der Waals surface area (Å²) in [6.07, 6.45) is 6.84. The van der Waals surface area contributed by atoms with Crippen LogP contribution in [0.2, 0.25) is 0 Å². The van der Waals surface area contributed by atoms with Crippen molar-refractivity contribution in [3.05, 3.63) is 30.4 Å². The molecular weight excluding hydrogens is 216 g/mol. The predicted octanol–water partition coefficient (Wildman–Crippen LogP) is 1.43. The molecule has 5 heteroatoms. The van der Waals surface area contributed by atoms with Crippen LogP contribution < -0.4 is 5.32 Å². The van der Waals surface area contributed by atoms with E-state index in [1.165, 1.54) is 12.8 Å². The van der Waals surface area contributed by atoms with Crippen LogP contribution in [0.25, 0.3) is 11.5 Å². The summed E-state index contributed by atoms with van der Waals surface area (Å²) in [6.45, 7) is 0.917. The van der Waals surface area contributed by atoms with Gasteiger partial charge in [-0.2, -0.15) is 4.98 Å². The normalized spacial score (nSPS) is 15.1. The molecule has 2 aromatic rings. The number of rotatable bonds is 5. The summed E-state index contributed by atoms with van der Waals surface area (Å²) in [7, 11) is 0. The zero-order valence-corrected chi connectivity index (χ0v) is 9.47. The Morgan fingerprint density at radius 3 is 2.88 bits per heavy atom. The van der Waals surface area contributed by atoms with Gasteiger partial charge in [0.05, 0.1) is 0 Å². The van der Waals surface area contributed by atoms with Crippen molar-refractivity contribution >= 4 is 0 Å². The second-order valence-electron chi connectivity index (χ2n) is 4.23. The molecule has 0 aliphatic heterocycles. The minimum absolute atomic E-state index is 0.564. The highest BCUT2D eigenvalue weighted by atomic mass is 16.5. The highest BCUT2D eigenvalue weighted by Gasteiger charge is 2.20. The van der Waals surface area contributed by atoms with Gasteiger partial charge in [-0.15, -0.1) is 0 Å². The van der Waals surface area contributed by atoms with Gasteiger partial charge in [-0.3, -0.25) is 4.98 Å². The Balaban J connectivity index is 1.61. The Morgan fingerprint density at radius 1 is 1.29 bits per heavy atom. The van der Waals surface area contributed by atoms with E-state index in [1.807, 2.05) is 12.1 Å². The molecule has 2 heterocycles. The fraction of sp³-hybridized carbons (Fsp3) is 0.417. The molecule has 2 aromatic heterocycles. The topological polar surface area (TPSA) is 63.8 Å². The number of pyridine rings is 1. The highest BCUT2D eigenvalue weighted by molar-refractivity contribution is 5.50. The van der Waals surface area contributed by atoms with Crippen molar-refractivity contribution in [2.24, 2.45) is 0 Å². The quantitative estimate of drug-likeness (QED) is 0.841. The number of nitrogens with one attached hydrogen (secondary N) is 1. The molecule has 0 aromatic carbocycles. The van der Waals surface area contributed by atoms with Gasteiger partial charge in [-0.05, 0) is 25.0 Å². The van der Waals surface area contributed by atoms with Gasteiger partial charge in [0.25, 0.3) is 5.89 Å². The van der Waals surface area contributed by atoms with Crippen molar-refractivity contribution in [3.63, 3.8) is 0 Å². The van der Waals surface area contributed by atoms with Crippen LogP contribution in [0.3, 0.4) is 0 Å². The first-order chi connectivity index (χ1) is 8.42. The molecule has 1 saturated carbocycles. The van der Waals surface area contributed by atoms with Gasteiger partial charge < -0.3 is 9.84 Å². The summed E-state index contributed by atoms with van der Waals surface area (Å²) in [6, 6.07) is 4.45. The van der Waals surface area contributed by atoms with Gasteiger partial charge in [-0.25, -0.2) is 0 Å². The lowest BCUT2D eigenvalue weighted by Crippen LogP contribution is -2.19. The SMILES string of the molecule is c1cc(-c2nc(CCNC3CC3)no2)ccn1. The molecule has 1 aliphatic rings. The molecule has 0 saturated heterocycles. The molecular formula is C12H14N4O. The molecule has 5 nitrogen and oxygen atoms in total. The summed E-state index contributed by atoms with van der Waals surface area (Å²) in [4.78, 5) is 8.31. The zero-order chi connectivity index (χ0) is 11.5. The van der Waals surface area contributed by atoms with Gasteiger partial charge in [0.15, 0.2) is 5.82 Å². The summed E-state index contributed by atoms with van der Waals surface area (Å²) >= 11 is 0. The summed E-state index contributed by atoms with van der Waals surface area (Å²) in [5.74, 6) is 1.32. The monoisotopic (exact) mass is 230 g/mol. The maximum Gasteiger partial charge on any atom is 0.258 e. The maximum absolute atomic E-state index is 5.21. The first-order valence-electron chi connectivity index (χ1n) is 5.88. The lowest BCUT2D eigenvalue weighted by Gasteiger charge is -1.97. The van der Waals surface area contributed by atoms with Crippen molar-refractivity contribution in [2.75, 3.05) is 6.54 Å². The van der Waals surface area contributed by atoms with Crippen molar-refractivity contribution in [3.8, 4) is 11.5 Å². The third-order valence-corrected chi connectivity index (χ3v) is 2.75. The Kier molecular flexibility index (Phi) is 2.83. The predicted molar refractivity (Wildman–Crippen MR) is 62.3 cm³/mol. The summed E-state index contributed by atoms with van der Waals surface area (Å²) in [5, 5.41) is 7.39. The number of hydrogen-bond donors (Lipinski definition) is 1. The molecule has 0 bridgehead atoms. The number of hydrogen-bond acceptors (Lipinski definition) is 5. The minimum atomic E-state index is 0.564. The van der Waals surface area contributed by atoms with E-state index < -0.39 is 0 Å². The maximum atomic E-state index is 5.21. The molecule has 1 fully saturated rings. The number of nitrogens with zero attached hydrogens (tertiary/aromatic N) is 3. The number of aromatic nitrogens is 3. The second kappa shape index (κ2) is 4.63. The average molecular weight is 230 g/mol. The van der Waals surface area contributed by atoms with E-state index in [0.717, 1.165) is 30.4 Å². The second-order valence-corrected chi connectivity index (χ2v) is 4.23. The molecule has 0 spiro atoms. The van der Waals surface area contributed by atoms with Crippen LogP contribution in [-0.2, 0) is 6.42 Å². The van der Waals surface area contributed by atoms with Gasteiger partial charge in [0.1, 0.15) is 0 Å². The van der Waals surface area contributed by atoms with Crippen LogP contribution in [0.1, 0.15) is 18.7 Å². The molecule has 0 radical (unpaired) electrons. The van der Waals surface area contributed by atoms with Crippen molar-refractivity contribution in [1.29, 1.82) is 0 Å². The van der Waals surface area contributed by atoms with E-state index in [2.05, 4.69) is 20.4 Å². The van der Waals surface area contributed by atoms with E-state index in [4.69, 9.17) is 4.52 Å². The third kappa shape index (κ3) is 2.68. The van der Waals surface area contributed by atoms with E-state index >= 15 is 0 Å². The van der Waals surface area contributed by atoms with Crippen LogP contribution >= 0.6 is 0 Å². The minimum Gasteiger partial charge on any atom is -0.334 e. The molecule has 1 N–H and O–H groups in total. The van der Waals surface area contributed by atoms with E-state index in [1.54, 1.807) is 12.4 Å². The standard InChI is InChI=1S/C12H14N4O/c1-2-10(1)14-8-5-11-15-12(17-16-11)9-3-6-13-7-4-9/h3-4,6-7,10,14H,1-2,5,8H2. The summed E-state index contributed by atoms with van der Waals surface area (Å²) in [5.41, 5.74) is 0.911. The Bertz CT molecular complexity index is 478. The molecule has 0 atom stereocenters. The lowest BCUT2D eigenvalue weighted by atomic mass is 10.3. The smallest absolute Gasteiger partial charge is 0.258 e. The van der Waals surface area contributed by atoms with Crippen LogP contribution in [0, 0.1) is 0 Å². The van der Waals surface area contributed by atoms with Crippen LogP contribution in [0.15, 0.2) is 29.0 Å². The van der Waals surface area contributed by atoms with Crippen molar-refractivity contribution in [1.82, 2.24) is 20.4 Å². The molecule has 17 heavy (non-hydrogen) atoms. The lowest BCUT2D eigenvalue weighted by molar-refractivity contribution is 0.421. The first-order valence-corrected chi connectivity index (χ1v) is 5.88. The molecule has 0 unspecified atom stereocenters. The molecule has 1 aliphatic carbocycles. The zero-order valence-electron chi connectivity index (χ0n) is 9.47. The fourth-order valence-electron chi connectivity index (χ4n) is 1.64. The van der Waals surface area contributed by atoms with Gasteiger partial charge >= 0.3 is 0 Å². The van der Waals surface area contributed by atoms with Crippen LogP contribution in [-0.4, -0.2) is 27.7 Å². The van der Waals surface area contributed by atoms with Gasteiger partial charge in [-0.1, -0.05) is 5.16 Å². The molecule has 88 valence electrons. The Labute approximate surface area is 99.3 Å². The highest BCUT2D eigenvalue weighted by Crippen LogP contribution is 2.18. The largest absolute Gasteiger partial charge is 0.334 e. The van der Waals surface area contributed by atoms with E-state index in [0.29, 0.717) is 5.89 Å². The van der Waals surface area contributed by atoms with Gasteiger partial charge in [0.2, 0.25) is 0 Å². The van der Waals surface area contributed by atoms with Crippen LogP contribution in [0.5, 0.6) is 0 Å². The van der Waals surface area contributed by atoms with Crippen molar-refractivity contribution < 1.29 is 4.52 Å². The Morgan fingerprint density at radius 2 is 2.12 bits per heavy atom. The first kappa shape index (κ1) is 10.4. The van der Waals surface area contributed by atoms with E-state index in [-0.39, 0.29) is 0 Å². The molecule has 0 amide bonds. The molecule has 3 rings (SSSR count).